The summed E-state index contributed by atoms with van der Waals surface area (Å²) < 4.78 is 59.3. The van der Waals surface area contributed by atoms with Crippen LogP contribution >= 0.6 is 0 Å². The Kier molecular flexibility index (Phi) is 7.71. The maximum Gasteiger partial charge on any atom is 0.416 e. The number of methoxy groups -OCH3 is 2. The Morgan fingerprint density at radius 1 is 0.977 bits per heavy atom. The minimum absolute atomic E-state index is 0.0576. The summed E-state index contributed by atoms with van der Waals surface area (Å²) in [6.45, 7) is 5.94. The van der Waals surface area contributed by atoms with Crippen molar-refractivity contribution >= 4 is 33.6 Å². The number of benzene rings is 3. The van der Waals surface area contributed by atoms with Crippen molar-refractivity contribution in [3.8, 4) is 17.0 Å². The van der Waals surface area contributed by atoms with E-state index in [0.717, 1.165) is 53.1 Å². The second-order valence-electron chi connectivity index (χ2n) is 11.1. The molecule has 0 radical (unpaired) electrons. The Balaban J connectivity index is 1.60. The van der Waals surface area contributed by atoms with Gasteiger partial charge < -0.3 is 23.7 Å². The van der Waals surface area contributed by atoms with Gasteiger partial charge in [-0.3, -0.25) is 0 Å². The molecule has 0 saturated carbocycles. The summed E-state index contributed by atoms with van der Waals surface area (Å²) in [5.74, 6) is 0.108. The molecule has 3 aromatic carbocycles. The van der Waals surface area contributed by atoms with Crippen molar-refractivity contribution < 1.29 is 32.2 Å². The lowest BCUT2D eigenvalue weighted by molar-refractivity contribution is -0.137. The molecule has 5 aromatic rings. The van der Waals surface area contributed by atoms with E-state index in [9.17, 15) is 18.0 Å². The zero-order chi connectivity index (χ0) is 31.2. The number of carbonyl (C=O) groups is 1. The number of nitrogens with zero attached hydrogens (tertiary/aromatic N) is 3. The molecule has 1 aliphatic rings. The number of carbonyl (C=O) groups excluding carboxylic acids is 1. The molecule has 6 rings (SSSR count). The molecule has 7 nitrogen and oxygen atoms in total. The van der Waals surface area contributed by atoms with Crippen LogP contribution in [-0.4, -0.2) is 55.0 Å². The van der Waals surface area contributed by atoms with Crippen LogP contribution in [0, 0.1) is 0 Å². The number of morpholine rings is 1. The first kappa shape index (κ1) is 29.5. The molecule has 2 atom stereocenters. The van der Waals surface area contributed by atoms with E-state index >= 15 is 0 Å². The Bertz CT molecular complexity index is 1840. The van der Waals surface area contributed by atoms with E-state index in [2.05, 4.69) is 11.0 Å². The van der Waals surface area contributed by atoms with E-state index in [4.69, 9.17) is 19.2 Å². The third kappa shape index (κ3) is 5.57. The molecule has 10 heteroatoms. The van der Waals surface area contributed by atoms with Crippen LogP contribution in [0.25, 0.3) is 33.2 Å². The predicted octanol–water partition coefficient (Wildman–Crippen LogP) is 7.33. The lowest BCUT2D eigenvalue weighted by Crippen LogP contribution is -2.45. The maximum atomic E-state index is 13.6. The van der Waals surface area contributed by atoms with Gasteiger partial charge in [0.1, 0.15) is 5.75 Å². The Morgan fingerprint density at radius 3 is 2.36 bits per heavy atom. The highest BCUT2D eigenvalue weighted by molar-refractivity contribution is 6.14. The number of fused-ring (bicyclic) bond motifs is 3. The van der Waals surface area contributed by atoms with Gasteiger partial charge in [-0.25, -0.2) is 9.78 Å². The quantitative estimate of drug-likeness (QED) is 0.189. The summed E-state index contributed by atoms with van der Waals surface area (Å²) in [4.78, 5) is 20.5. The number of alkyl halides is 3. The van der Waals surface area contributed by atoms with E-state index in [1.807, 2.05) is 54.8 Å². The highest BCUT2D eigenvalue weighted by Crippen LogP contribution is 2.38. The molecule has 0 bridgehead atoms. The van der Waals surface area contributed by atoms with Gasteiger partial charge >= 0.3 is 12.1 Å². The number of anilines is 1. The van der Waals surface area contributed by atoms with Crippen molar-refractivity contribution in [2.24, 2.45) is 0 Å². The Labute approximate surface area is 252 Å². The number of aromatic nitrogens is 2. The SMILES string of the molecule is COC(=O)c1cc(-c2cccc(C(F)(F)F)c2)nc2c3ccc(N4C[C@@H](C)O[C@@H](C)C4)cc3n(Cc3ccc(OC)cc3)c12. The Morgan fingerprint density at radius 2 is 1.70 bits per heavy atom. The summed E-state index contributed by atoms with van der Waals surface area (Å²) in [7, 11) is 2.89. The van der Waals surface area contributed by atoms with Gasteiger partial charge in [0, 0.05) is 36.3 Å². The van der Waals surface area contributed by atoms with E-state index in [1.54, 1.807) is 13.2 Å². The van der Waals surface area contributed by atoms with Crippen LogP contribution in [0.15, 0.2) is 72.8 Å². The van der Waals surface area contributed by atoms with E-state index < -0.39 is 17.7 Å². The third-order valence-electron chi connectivity index (χ3n) is 7.97. The average Bonchev–Trinajstić information content (AvgIpc) is 3.32. The molecule has 0 spiro atoms. The van der Waals surface area contributed by atoms with Crippen molar-refractivity contribution in [1.82, 2.24) is 9.55 Å². The molecule has 1 saturated heterocycles. The second kappa shape index (κ2) is 11.5. The summed E-state index contributed by atoms with van der Waals surface area (Å²) >= 11 is 0. The summed E-state index contributed by atoms with van der Waals surface area (Å²) in [5.41, 5.74) is 3.74. The summed E-state index contributed by atoms with van der Waals surface area (Å²) in [6, 6.07) is 20.2. The minimum Gasteiger partial charge on any atom is -0.497 e. The smallest absolute Gasteiger partial charge is 0.416 e. The third-order valence-corrected chi connectivity index (χ3v) is 7.97. The van der Waals surface area contributed by atoms with E-state index in [1.165, 1.54) is 19.2 Å². The van der Waals surface area contributed by atoms with Crippen LogP contribution in [0.4, 0.5) is 18.9 Å². The van der Waals surface area contributed by atoms with Crippen LogP contribution < -0.4 is 9.64 Å². The first-order chi connectivity index (χ1) is 21.0. The summed E-state index contributed by atoms with van der Waals surface area (Å²) in [5, 5.41) is 0.769. The highest BCUT2D eigenvalue weighted by atomic mass is 19.4. The average molecular weight is 604 g/mol. The zero-order valence-electron chi connectivity index (χ0n) is 24.8. The van der Waals surface area contributed by atoms with Crippen LogP contribution in [0.5, 0.6) is 5.75 Å². The second-order valence-corrected chi connectivity index (χ2v) is 11.1. The molecule has 1 fully saturated rings. The number of ether oxygens (including phenoxy) is 3. The van der Waals surface area contributed by atoms with Gasteiger partial charge in [0.2, 0.25) is 0 Å². The van der Waals surface area contributed by atoms with Crippen LogP contribution in [-0.2, 0) is 22.2 Å². The molecule has 0 unspecified atom stereocenters. The minimum atomic E-state index is -4.52. The lowest BCUT2D eigenvalue weighted by atomic mass is 10.0. The van der Waals surface area contributed by atoms with Crippen LogP contribution in [0.1, 0.15) is 35.3 Å². The predicted molar refractivity (Wildman–Crippen MR) is 163 cm³/mol. The fourth-order valence-electron chi connectivity index (χ4n) is 5.99. The first-order valence-electron chi connectivity index (χ1n) is 14.3. The molecule has 228 valence electrons. The maximum absolute atomic E-state index is 13.6. The molecule has 1 aliphatic heterocycles. The van der Waals surface area contributed by atoms with Crippen LogP contribution in [0.2, 0.25) is 0 Å². The van der Waals surface area contributed by atoms with Crippen LogP contribution in [0.3, 0.4) is 0 Å². The van der Waals surface area contributed by atoms with Crippen molar-refractivity contribution in [3.05, 3.63) is 89.5 Å². The number of esters is 1. The molecule has 0 aliphatic carbocycles. The van der Waals surface area contributed by atoms with Crippen molar-refractivity contribution in [1.29, 1.82) is 0 Å². The molecule has 3 heterocycles. The van der Waals surface area contributed by atoms with Crippen molar-refractivity contribution in [2.75, 3.05) is 32.2 Å². The molecular weight excluding hydrogens is 571 g/mol. The lowest BCUT2D eigenvalue weighted by Gasteiger charge is -2.37. The van der Waals surface area contributed by atoms with Gasteiger partial charge in [-0.2, -0.15) is 13.2 Å². The first-order valence-corrected chi connectivity index (χ1v) is 14.3. The number of halogens is 3. The van der Waals surface area contributed by atoms with Gasteiger partial charge in [0.05, 0.1) is 59.8 Å². The van der Waals surface area contributed by atoms with Gasteiger partial charge in [0.25, 0.3) is 0 Å². The topological polar surface area (TPSA) is 65.8 Å². The van der Waals surface area contributed by atoms with Gasteiger partial charge in [-0.1, -0.05) is 24.3 Å². The number of rotatable bonds is 6. The molecule has 2 aromatic heterocycles. The molecule has 0 N–H and O–H groups in total. The monoisotopic (exact) mass is 603 g/mol. The number of hydrogen-bond donors (Lipinski definition) is 0. The van der Waals surface area contributed by atoms with Crippen molar-refractivity contribution in [2.45, 2.75) is 38.8 Å². The van der Waals surface area contributed by atoms with E-state index in [0.29, 0.717) is 17.6 Å². The fourth-order valence-corrected chi connectivity index (χ4v) is 5.99. The van der Waals surface area contributed by atoms with Gasteiger partial charge in [0.15, 0.2) is 0 Å². The molecular formula is C34H32F3N3O4. The van der Waals surface area contributed by atoms with E-state index in [-0.39, 0.29) is 29.0 Å². The number of pyridine rings is 1. The molecule has 44 heavy (non-hydrogen) atoms. The largest absolute Gasteiger partial charge is 0.497 e. The zero-order valence-corrected chi connectivity index (χ0v) is 24.8. The standard InChI is InChI=1S/C34H32F3N3O4/c1-20-17-39(18-21(2)44-20)25-10-13-27-30(15-25)40(19-22-8-11-26(42-3)12-9-22)32-28(33(41)43-4)16-29(38-31(27)32)23-6-5-7-24(14-23)34(35,36)37/h5-16,20-21H,17-19H2,1-4H3/t20-,21+. The normalized spacial score (nSPS) is 17.3. The number of hydrogen-bond acceptors (Lipinski definition) is 6. The van der Waals surface area contributed by atoms with Gasteiger partial charge in [-0.05, 0) is 67.9 Å². The van der Waals surface area contributed by atoms with Gasteiger partial charge in [-0.15, -0.1) is 0 Å². The fraction of sp³-hybridized carbons (Fsp3) is 0.294. The molecule has 0 amide bonds. The highest BCUT2D eigenvalue weighted by Gasteiger charge is 2.31. The summed E-state index contributed by atoms with van der Waals surface area (Å²) in [6.07, 6.45) is -4.41. The Hall–Kier alpha value is -4.57. The van der Waals surface area contributed by atoms with Crippen molar-refractivity contribution in [3.63, 3.8) is 0 Å².